The second-order valence-corrected chi connectivity index (χ2v) is 8.53. The molecule has 0 spiro atoms. The van der Waals surface area contributed by atoms with Gasteiger partial charge in [0.15, 0.2) is 0 Å². The first-order valence-corrected chi connectivity index (χ1v) is 10.8. The molecule has 1 aliphatic rings. The molecule has 0 N–H and O–H groups in total. The van der Waals surface area contributed by atoms with Gasteiger partial charge in [0.05, 0.1) is 12.6 Å². The number of carbonyl (C=O) groups excluding carboxylic acids is 2. The number of hydrogen-bond donors (Lipinski definition) is 0. The predicted octanol–water partition coefficient (Wildman–Crippen LogP) is 3.17. The van der Waals surface area contributed by atoms with Crippen molar-refractivity contribution >= 4 is 11.9 Å². The molecule has 7 nitrogen and oxygen atoms in total. The van der Waals surface area contributed by atoms with Crippen LogP contribution in [0.3, 0.4) is 0 Å². The van der Waals surface area contributed by atoms with E-state index in [1.165, 1.54) is 10.5 Å². The number of hydrogen-bond acceptors (Lipinski definition) is 3. The van der Waals surface area contributed by atoms with Crippen molar-refractivity contribution in [3.8, 4) is 0 Å². The van der Waals surface area contributed by atoms with Gasteiger partial charge in [0, 0.05) is 52.7 Å². The summed E-state index contributed by atoms with van der Waals surface area (Å²) in [5.41, 5.74) is 3.45. The lowest BCUT2D eigenvalue weighted by Gasteiger charge is -2.38. The standard InChI is InChI=1S/C24H34N4O3/c1-18(2)19-8-10-20(11-9-19)23-21-7-6-12-26(21)13-14-28(23)22(29)17-27(15-16-31-5)24(30)25(3)4/h6-12,18,23H,13-17H2,1-5H3. The molecule has 0 saturated heterocycles. The minimum atomic E-state index is -0.191. The molecule has 1 aromatic carbocycles. The van der Waals surface area contributed by atoms with E-state index in [-0.39, 0.29) is 24.5 Å². The minimum Gasteiger partial charge on any atom is -0.383 e. The van der Waals surface area contributed by atoms with Crippen LogP contribution in [0.25, 0.3) is 0 Å². The molecule has 1 aliphatic heterocycles. The molecule has 31 heavy (non-hydrogen) atoms. The smallest absolute Gasteiger partial charge is 0.320 e. The number of carbonyl (C=O) groups is 2. The SMILES string of the molecule is COCCN(CC(=O)N1CCn2cccc2C1c1ccc(C(C)C)cc1)C(=O)N(C)C. The number of urea groups is 1. The van der Waals surface area contributed by atoms with Gasteiger partial charge in [-0.2, -0.15) is 0 Å². The third kappa shape index (κ3) is 5.10. The summed E-state index contributed by atoms with van der Waals surface area (Å²) < 4.78 is 7.35. The van der Waals surface area contributed by atoms with E-state index < -0.39 is 0 Å². The summed E-state index contributed by atoms with van der Waals surface area (Å²) in [5, 5.41) is 0. The van der Waals surface area contributed by atoms with Crippen molar-refractivity contribution in [1.82, 2.24) is 19.3 Å². The molecule has 0 bridgehead atoms. The quantitative estimate of drug-likeness (QED) is 0.683. The number of fused-ring (bicyclic) bond motifs is 1. The first-order valence-electron chi connectivity index (χ1n) is 10.8. The molecule has 7 heteroatoms. The van der Waals surface area contributed by atoms with Crippen LogP contribution < -0.4 is 0 Å². The Morgan fingerprint density at radius 2 is 1.84 bits per heavy atom. The first kappa shape index (κ1) is 22.9. The molecular formula is C24H34N4O3. The van der Waals surface area contributed by atoms with E-state index in [0.29, 0.717) is 25.6 Å². The highest BCUT2D eigenvalue weighted by Gasteiger charge is 2.33. The highest BCUT2D eigenvalue weighted by atomic mass is 16.5. The van der Waals surface area contributed by atoms with Crippen LogP contribution in [0.15, 0.2) is 42.6 Å². The zero-order chi connectivity index (χ0) is 22.5. The van der Waals surface area contributed by atoms with Crippen LogP contribution >= 0.6 is 0 Å². The van der Waals surface area contributed by atoms with Crippen LogP contribution in [-0.4, -0.2) is 78.7 Å². The Hall–Kier alpha value is -2.80. The maximum atomic E-state index is 13.5. The molecule has 1 aromatic heterocycles. The fraction of sp³-hybridized carbons (Fsp3) is 0.500. The monoisotopic (exact) mass is 426 g/mol. The zero-order valence-electron chi connectivity index (χ0n) is 19.2. The van der Waals surface area contributed by atoms with Gasteiger partial charge in [-0.25, -0.2) is 4.79 Å². The molecule has 2 aromatic rings. The number of benzene rings is 1. The zero-order valence-corrected chi connectivity index (χ0v) is 19.2. The van der Waals surface area contributed by atoms with Gasteiger partial charge in [-0.05, 0) is 29.2 Å². The van der Waals surface area contributed by atoms with E-state index in [1.807, 2.05) is 11.0 Å². The van der Waals surface area contributed by atoms with Gasteiger partial charge >= 0.3 is 6.03 Å². The maximum Gasteiger partial charge on any atom is 0.320 e. The number of rotatable bonds is 7. The van der Waals surface area contributed by atoms with Gasteiger partial charge in [-0.1, -0.05) is 38.1 Å². The van der Waals surface area contributed by atoms with Crippen molar-refractivity contribution < 1.29 is 14.3 Å². The van der Waals surface area contributed by atoms with Crippen molar-refractivity contribution in [2.75, 3.05) is 47.4 Å². The van der Waals surface area contributed by atoms with Crippen LogP contribution in [0.5, 0.6) is 0 Å². The van der Waals surface area contributed by atoms with Gasteiger partial charge in [-0.15, -0.1) is 0 Å². The Morgan fingerprint density at radius 1 is 1.13 bits per heavy atom. The molecule has 1 atom stereocenters. The molecule has 1 unspecified atom stereocenters. The van der Waals surface area contributed by atoms with Crippen molar-refractivity contribution in [2.45, 2.75) is 32.4 Å². The number of ether oxygens (including phenoxy) is 1. The third-order valence-corrected chi connectivity index (χ3v) is 5.82. The Bertz CT molecular complexity index is 888. The van der Waals surface area contributed by atoms with Gasteiger partial charge in [0.1, 0.15) is 6.54 Å². The van der Waals surface area contributed by atoms with Crippen LogP contribution in [0, 0.1) is 0 Å². The fourth-order valence-corrected chi connectivity index (χ4v) is 4.05. The van der Waals surface area contributed by atoms with E-state index >= 15 is 0 Å². The number of methoxy groups -OCH3 is 1. The summed E-state index contributed by atoms with van der Waals surface area (Å²) >= 11 is 0. The molecule has 2 heterocycles. The molecule has 3 rings (SSSR count). The van der Waals surface area contributed by atoms with Crippen LogP contribution in [0.4, 0.5) is 4.79 Å². The molecule has 0 fully saturated rings. The fourth-order valence-electron chi connectivity index (χ4n) is 4.05. The van der Waals surface area contributed by atoms with Crippen molar-refractivity contribution in [2.24, 2.45) is 0 Å². The predicted molar refractivity (Wildman–Crippen MR) is 121 cm³/mol. The van der Waals surface area contributed by atoms with Gasteiger partial charge < -0.3 is 24.0 Å². The average molecular weight is 427 g/mol. The Morgan fingerprint density at radius 3 is 2.45 bits per heavy atom. The molecule has 168 valence electrons. The van der Waals surface area contributed by atoms with E-state index in [9.17, 15) is 9.59 Å². The Kier molecular flexibility index (Phi) is 7.38. The molecule has 3 amide bonds. The van der Waals surface area contributed by atoms with Crippen molar-refractivity contribution in [3.63, 3.8) is 0 Å². The van der Waals surface area contributed by atoms with E-state index in [4.69, 9.17) is 4.74 Å². The number of nitrogens with zero attached hydrogens (tertiary/aromatic N) is 4. The highest BCUT2D eigenvalue weighted by Crippen LogP contribution is 2.33. The molecule has 0 radical (unpaired) electrons. The summed E-state index contributed by atoms with van der Waals surface area (Å²) in [6, 6.07) is 12.3. The summed E-state index contributed by atoms with van der Waals surface area (Å²) in [5.74, 6) is 0.394. The second-order valence-electron chi connectivity index (χ2n) is 8.53. The number of aromatic nitrogens is 1. The topological polar surface area (TPSA) is 58.0 Å². The van der Waals surface area contributed by atoms with Crippen molar-refractivity contribution in [1.29, 1.82) is 0 Å². The third-order valence-electron chi connectivity index (χ3n) is 5.82. The highest BCUT2D eigenvalue weighted by molar-refractivity contribution is 5.84. The molecule has 0 saturated carbocycles. The maximum absolute atomic E-state index is 13.5. The van der Waals surface area contributed by atoms with Gasteiger partial charge in [0.25, 0.3) is 0 Å². The van der Waals surface area contributed by atoms with E-state index in [2.05, 4.69) is 54.9 Å². The lowest BCUT2D eigenvalue weighted by atomic mass is 9.95. The molecular weight excluding hydrogens is 392 g/mol. The van der Waals surface area contributed by atoms with E-state index in [1.54, 1.807) is 26.1 Å². The largest absolute Gasteiger partial charge is 0.383 e. The van der Waals surface area contributed by atoms with Gasteiger partial charge in [0.2, 0.25) is 5.91 Å². The van der Waals surface area contributed by atoms with Crippen LogP contribution in [-0.2, 0) is 16.1 Å². The number of amides is 3. The Balaban J connectivity index is 1.88. The average Bonchev–Trinajstić information content (AvgIpc) is 3.24. The Labute approximate surface area is 185 Å². The van der Waals surface area contributed by atoms with Crippen LogP contribution in [0.1, 0.15) is 42.6 Å². The van der Waals surface area contributed by atoms with Gasteiger partial charge in [-0.3, -0.25) is 4.79 Å². The first-order chi connectivity index (χ1) is 14.8. The summed E-state index contributed by atoms with van der Waals surface area (Å²) in [6.07, 6.45) is 2.06. The van der Waals surface area contributed by atoms with Crippen molar-refractivity contribution in [3.05, 3.63) is 59.4 Å². The molecule has 0 aliphatic carbocycles. The van der Waals surface area contributed by atoms with E-state index in [0.717, 1.165) is 17.8 Å². The summed E-state index contributed by atoms with van der Waals surface area (Å²) in [4.78, 5) is 31.0. The van der Waals surface area contributed by atoms with Crippen LogP contribution in [0.2, 0.25) is 0 Å². The second kappa shape index (κ2) is 10.0. The minimum absolute atomic E-state index is 0.0294. The summed E-state index contributed by atoms with van der Waals surface area (Å²) in [7, 11) is 4.98. The lowest BCUT2D eigenvalue weighted by molar-refractivity contribution is -0.134. The normalized spacial score (nSPS) is 15.7. The summed E-state index contributed by atoms with van der Waals surface area (Å²) in [6.45, 7) is 6.48. The lowest BCUT2D eigenvalue weighted by Crippen LogP contribution is -2.50.